The fourth-order valence-electron chi connectivity index (χ4n) is 6.10. The van der Waals surface area contributed by atoms with Gasteiger partial charge in [0.2, 0.25) is 0 Å². The third-order valence-electron chi connectivity index (χ3n) is 9.42. The largest absolute Gasteiger partial charge is 0.464 e. The van der Waals surface area contributed by atoms with Gasteiger partial charge in [0, 0.05) is 6.42 Å². The number of hydrogen-bond acceptors (Lipinski definition) is 11. The van der Waals surface area contributed by atoms with E-state index in [0.717, 1.165) is 24.8 Å². The standard InChI is InChI=1S/C36H48FN6O7P/c1-5-24(3)19-25(6-2)17-18-47-34(45)28(20-26-13-9-7-10-14-26)42-51(46,50-27-15-11-8-12-16-27)48-22-36(4)29(44)21-30(49-36)43-23-39-31-32(38)40-35(37)41-33(31)43/h7-16,23-25,28-30,44H,5-6,17-22H2,1-4H3,(H,42,46)(H2,38,40,41)/t24?,25?,28-,29-,30+,36+,51?/m0/s1. The summed E-state index contributed by atoms with van der Waals surface area (Å²) in [6.07, 6.45) is 2.39. The summed E-state index contributed by atoms with van der Waals surface area (Å²) in [5, 5.41) is 14.1. The molecule has 51 heavy (non-hydrogen) atoms. The first-order chi connectivity index (χ1) is 24.4. The van der Waals surface area contributed by atoms with Crippen LogP contribution in [0, 0.1) is 17.9 Å². The van der Waals surface area contributed by atoms with E-state index in [4.69, 9.17) is 24.3 Å². The minimum atomic E-state index is -4.37. The summed E-state index contributed by atoms with van der Waals surface area (Å²) in [6, 6.07) is 16.6. The van der Waals surface area contributed by atoms with Gasteiger partial charge in [0.25, 0.3) is 0 Å². The molecule has 2 aromatic heterocycles. The average molecular weight is 727 g/mol. The van der Waals surface area contributed by atoms with Gasteiger partial charge >= 0.3 is 19.8 Å². The van der Waals surface area contributed by atoms with Crippen molar-refractivity contribution in [3.63, 3.8) is 0 Å². The van der Waals surface area contributed by atoms with Crippen molar-refractivity contribution in [1.82, 2.24) is 24.6 Å². The monoisotopic (exact) mass is 726 g/mol. The molecule has 3 heterocycles. The topological polar surface area (TPSA) is 173 Å². The van der Waals surface area contributed by atoms with Gasteiger partial charge in [-0.1, -0.05) is 82.1 Å². The highest BCUT2D eigenvalue weighted by Gasteiger charge is 2.48. The summed E-state index contributed by atoms with van der Waals surface area (Å²) in [5.74, 6) is 0.491. The van der Waals surface area contributed by atoms with Crippen LogP contribution in [0.25, 0.3) is 11.2 Å². The number of halogens is 1. The van der Waals surface area contributed by atoms with Gasteiger partial charge in [0.1, 0.15) is 23.6 Å². The lowest BCUT2D eigenvalue weighted by molar-refractivity contribution is -0.146. The summed E-state index contributed by atoms with van der Waals surface area (Å²) in [7, 11) is -4.37. The van der Waals surface area contributed by atoms with E-state index in [1.165, 1.54) is 10.9 Å². The predicted molar refractivity (Wildman–Crippen MR) is 190 cm³/mol. The van der Waals surface area contributed by atoms with E-state index in [1.807, 2.05) is 30.3 Å². The molecule has 3 unspecified atom stereocenters. The molecule has 0 amide bonds. The fraction of sp³-hybridized carbons (Fsp3) is 0.500. The smallest absolute Gasteiger partial charge is 0.459 e. The minimum absolute atomic E-state index is 0.0485. The zero-order valence-electron chi connectivity index (χ0n) is 29.5. The molecule has 1 saturated heterocycles. The van der Waals surface area contributed by atoms with Crippen molar-refractivity contribution in [1.29, 1.82) is 0 Å². The van der Waals surface area contributed by atoms with Gasteiger partial charge in [0.15, 0.2) is 17.0 Å². The molecular formula is C36H48FN6O7P. The van der Waals surface area contributed by atoms with Crippen molar-refractivity contribution in [2.24, 2.45) is 11.8 Å². The highest BCUT2D eigenvalue weighted by molar-refractivity contribution is 7.52. The molecule has 0 spiro atoms. The molecule has 5 rings (SSSR count). The van der Waals surface area contributed by atoms with Gasteiger partial charge in [-0.15, -0.1) is 0 Å². The van der Waals surface area contributed by atoms with Crippen molar-refractivity contribution < 1.29 is 37.4 Å². The number of anilines is 1. The van der Waals surface area contributed by atoms with Crippen LogP contribution in [0.2, 0.25) is 0 Å². The third-order valence-corrected chi connectivity index (χ3v) is 11.0. The molecule has 1 aliphatic heterocycles. The Morgan fingerprint density at radius 1 is 1.16 bits per heavy atom. The van der Waals surface area contributed by atoms with Crippen LogP contribution in [0.3, 0.4) is 0 Å². The number of carbonyl (C=O) groups excluding carboxylic acids is 1. The zero-order chi connectivity index (χ0) is 36.6. The number of rotatable bonds is 18. The first-order valence-corrected chi connectivity index (χ1v) is 18.9. The van der Waals surface area contributed by atoms with Crippen LogP contribution in [0.15, 0.2) is 67.0 Å². The first-order valence-electron chi connectivity index (χ1n) is 17.4. The summed E-state index contributed by atoms with van der Waals surface area (Å²) in [6.45, 7) is 7.92. The Morgan fingerprint density at radius 3 is 2.55 bits per heavy atom. The molecule has 0 bridgehead atoms. The molecule has 4 aromatic rings. The van der Waals surface area contributed by atoms with Gasteiger partial charge < -0.3 is 24.8 Å². The van der Waals surface area contributed by atoms with Crippen LogP contribution in [0.4, 0.5) is 10.2 Å². The fourth-order valence-corrected chi connectivity index (χ4v) is 7.68. The molecule has 0 radical (unpaired) electrons. The third kappa shape index (κ3) is 9.90. The Hall–Kier alpha value is -3.94. The lowest BCUT2D eigenvalue weighted by atomic mass is 9.90. The number of ether oxygens (including phenoxy) is 2. The number of hydrogen-bond donors (Lipinski definition) is 3. The average Bonchev–Trinajstić information content (AvgIpc) is 3.67. The van der Waals surface area contributed by atoms with Crippen LogP contribution in [-0.2, 0) is 29.8 Å². The summed E-state index contributed by atoms with van der Waals surface area (Å²) < 4.78 is 54.1. The van der Waals surface area contributed by atoms with Crippen molar-refractivity contribution in [3.8, 4) is 5.75 Å². The first kappa shape index (κ1) is 38.3. The lowest BCUT2D eigenvalue weighted by Gasteiger charge is -2.31. The van der Waals surface area contributed by atoms with E-state index in [9.17, 15) is 18.9 Å². The van der Waals surface area contributed by atoms with E-state index in [0.29, 0.717) is 18.3 Å². The molecule has 276 valence electrons. The molecule has 1 fully saturated rings. The maximum absolute atomic E-state index is 14.6. The molecule has 0 saturated carbocycles. The Morgan fingerprint density at radius 2 is 1.86 bits per heavy atom. The Labute approximate surface area is 297 Å². The minimum Gasteiger partial charge on any atom is -0.464 e. The molecule has 7 atom stereocenters. The van der Waals surface area contributed by atoms with Crippen LogP contribution < -0.4 is 15.3 Å². The maximum Gasteiger partial charge on any atom is 0.459 e. The highest BCUT2D eigenvalue weighted by Crippen LogP contribution is 2.48. The van der Waals surface area contributed by atoms with Gasteiger partial charge in [-0.2, -0.15) is 19.4 Å². The number of benzene rings is 2. The van der Waals surface area contributed by atoms with E-state index < -0.39 is 50.4 Å². The maximum atomic E-state index is 14.6. The molecule has 0 aliphatic carbocycles. The Balaban J connectivity index is 1.35. The number of carbonyl (C=O) groups is 1. The van der Waals surface area contributed by atoms with Crippen LogP contribution >= 0.6 is 7.75 Å². The van der Waals surface area contributed by atoms with Crippen molar-refractivity contribution >= 4 is 30.7 Å². The molecule has 4 N–H and O–H groups in total. The molecule has 2 aromatic carbocycles. The zero-order valence-corrected chi connectivity index (χ0v) is 30.4. The Bertz CT molecular complexity index is 1780. The van der Waals surface area contributed by atoms with Crippen molar-refractivity contribution in [3.05, 3.63) is 78.6 Å². The lowest BCUT2D eigenvalue weighted by Crippen LogP contribution is -2.43. The quantitative estimate of drug-likeness (QED) is 0.0587. The number of aliphatic hydroxyl groups is 1. The van der Waals surface area contributed by atoms with E-state index in [-0.39, 0.29) is 42.2 Å². The van der Waals surface area contributed by atoms with E-state index in [2.05, 4.69) is 40.8 Å². The number of aromatic nitrogens is 4. The number of esters is 1. The molecule has 15 heteroatoms. The SMILES string of the molecule is CCC(C)CC(CC)CCOC(=O)[C@H](Cc1ccccc1)NP(=O)(OC[C@@]1(C)O[C@@H](n2cnc3c(N)nc(F)nc32)C[C@@H]1O)Oc1ccccc1. The Kier molecular flexibility index (Phi) is 12.8. The normalized spacial score (nSPS) is 21.9. The summed E-state index contributed by atoms with van der Waals surface area (Å²) >= 11 is 0. The van der Waals surface area contributed by atoms with Crippen molar-refractivity contribution in [2.75, 3.05) is 18.9 Å². The van der Waals surface area contributed by atoms with E-state index >= 15 is 0 Å². The number of nitrogens with zero attached hydrogens (tertiary/aromatic N) is 4. The van der Waals surface area contributed by atoms with Crippen molar-refractivity contribution in [2.45, 2.75) is 90.2 Å². The van der Waals surface area contributed by atoms with Gasteiger partial charge in [-0.25, -0.2) is 9.55 Å². The number of para-hydroxylation sites is 1. The molecular weight excluding hydrogens is 678 g/mol. The summed E-state index contributed by atoms with van der Waals surface area (Å²) in [4.78, 5) is 25.2. The number of imidazole rings is 1. The summed E-state index contributed by atoms with van der Waals surface area (Å²) in [5.41, 5.74) is 5.48. The van der Waals surface area contributed by atoms with Gasteiger partial charge in [0.05, 0.1) is 25.6 Å². The number of nitrogens with one attached hydrogen (secondary N) is 1. The number of aliphatic hydroxyl groups excluding tert-OH is 1. The van der Waals surface area contributed by atoms with Gasteiger partial charge in [-0.3, -0.25) is 13.9 Å². The molecule has 1 aliphatic rings. The second-order valence-electron chi connectivity index (χ2n) is 13.4. The predicted octanol–water partition coefficient (Wildman–Crippen LogP) is 6.39. The van der Waals surface area contributed by atoms with Crippen LogP contribution in [0.5, 0.6) is 5.75 Å². The highest BCUT2D eigenvalue weighted by atomic mass is 31.2. The second-order valence-corrected chi connectivity index (χ2v) is 15.1. The van der Waals surface area contributed by atoms with Crippen LogP contribution in [0.1, 0.15) is 71.6 Å². The number of nitrogen functional groups attached to an aromatic ring is 1. The number of nitrogens with two attached hydrogens (primary N) is 1. The number of fused-ring (bicyclic) bond motifs is 1. The second kappa shape index (κ2) is 17.1. The van der Waals surface area contributed by atoms with Crippen LogP contribution in [-0.4, -0.2) is 61.6 Å². The van der Waals surface area contributed by atoms with Gasteiger partial charge in [-0.05, 0) is 55.7 Å². The van der Waals surface area contributed by atoms with E-state index in [1.54, 1.807) is 37.3 Å². The molecule has 13 nitrogen and oxygen atoms in total.